The van der Waals surface area contributed by atoms with Crippen molar-refractivity contribution < 1.29 is 9.47 Å². The average Bonchev–Trinajstić information content (AvgIpc) is 2.77. The van der Waals surface area contributed by atoms with Crippen molar-refractivity contribution in [2.75, 3.05) is 20.0 Å². The Balaban J connectivity index is 2.65. The van der Waals surface area contributed by atoms with Crippen molar-refractivity contribution >= 4 is 5.82 Å². The molecule has 5 heteroatoms. The first-order valence-corrected chi connectivity index (χ1v) is 6.15. The van der Waals surface area contributed by atoms with E-state index in [1.54, 1.807) is 25.1 Å². The summed E-state index contributed by atoms with van der Waals surface area (Å²) in [5, 5.41) is 4.16. The number of hydrogen-bond donors (Lipinski definition) is 1. The maximum atomic E-state index is 6.02. The van der Waals surface area contributed by atoms with Crippen molar-refractivity contribution in [1.82, 2.24) is 9.78 Å². The zero-order chi connectivity index (χ0) is 14.0. The van der Waals surface area contributed by atoms with Gasteiger partial charge in [0, 0.05) is 18.2 Å². The van der Waals surface area contributed by atoms with Crippen molar-refractivity contribution in [1.29, 1.82) is 0 Å². The van der Waals surface area contributed by atoms with Crippen LogP contribution in [0.1, 0.15) is 12.5 Å². The fourth-order valence-electron chi connectivity index (χ4n) is 2.10. The Morgan fingerprint density at radius 1 is 1.16 bits per heavy atom. The predicted molar refractivity (Wildman–Crippen MR) is 75.5 cm³/mol. The number of benzene rings is 1. The number of nitrogen functional groups attached to an aromatic ring is 1. The summed E-state index contributed by atoms with van der Waals surface area (Å²) in [5.74, 6) is 2.21. The van der Waals surface area contributed by atoms with Gasteiger partial charge in [0.1, 0.15) is 17.3 Å². The quantitative estimate of drug-likeness (QED) is 0.917. The molecule has 2 aromatic rings. The van der Waals surface area contributed by atoms with Crippen LogP contribution < -0.4 is 15.2 Å². The lowest BCUT2D eigenvalue weighted by atomic mass is 10.0. The van der Waals surface area contributed by atoms with Crippen LogP contribution in [-0.2, 0) is 13.5 Å². The second-order valence-electron chi connectivity index (χ2n) is 4.28. The number of rotatable bonds is 4. The van der Waals surface area contributed by atoms with E-state index in [-0.39, 0.29) is 0 Å². The Bertz CT molecular complexity index is 591. The maximum absolute atomic E-state index is 6.02. The minimum Gasteiger partial charge on any atom is -0.496 e. The highest BCUT2D eigenvalue weighted by atomic mass is 16.5. The third kappa shape index (κ3) is 2.23. The average molecular weight is 261 g/mol. The van der Waals surface area contributed by atoms with Gasteiger partial charge in [-0.2, -0.15) is 5.10 Å². The monoisotopic (exact) mass is 261 g/mol. The van der Waals surface area contributed by atoms with Crippen LogP contribution >= 0.6 is 0 Å². The third-order valence-corrected chi connectivity index (χ3v) is 3.26. The summed E-state index contributed by atoms with van der Waals surface area (Å²) in [6.07, 6.45) is 2.61. The molecule has 102 valence electrons. The van der Waals surface area contributed by atoms with Crippen LogP contribution in [0, 0.1) is 0 Å². The minimum atomic E-state index is 0.601. The number of nitrogens with two attached hydrogens (primary N) is 1. The summed E-state index contributed by atoms with van der Waals surface area (Å²) in [4.78, 5) is 0. The molecule has 1 heterocycles. The van der Waals surface area contributed by atoms with Crippen LogP contribution in [0.5, 0.6) is 11.5 Å². The molecular weight excluding hydrogens is 242 g/mol. The van der Waals surface area contributed by atoms with Crippen LogP contribution in [-0.4, -0.2) is 24.0 Å². The fraction of sp³-hybridized carbons (Fsp3) is 0.357. The SMILES string of the molecule is CCc1cc(OC)c(-c2cnn(C)c2N)cc1OC. The van der Waals surface area contributed by atoms with Crippen LogP contribution in [0.2, 0.25) is 0 Å². The van der Waals surface area contributed by atoms with Crippen molar-refractivity contribution in [2.45, 2.75) is 13.3 Å². The normalized spacial score (nSPS) is 10.5. The summed E-state index contributed by atoms with van der Waals surface area (Å²) in [6, 6.07) is 3.94. The highest BCUT2D eigenvalue weighted by Crippen LogP contribution is 2.38. The number of nitrogens with zero attached hydrogens (tertiary/aromatic N) is 2. The van der Waals surface area contributed by atoms with E-state index in [1.807, 2.05) is 19.2 Å². The van der Waals surface area contributed by atoms with Gasteiger partial charge in [-0.15, -0.1) is 0 Å². The summed E-state index contributed by atoms with van der Waals surface area (Å²) >= 11 is 0. The zero-order valence-electron chi connectivity index (χ0n) is 11.7. The number of aryl methyl sites for hydroxylation is 2. The lowest BCUT2D eigenvalue weighted by Crippen LogP contribution is -1.99. The van der Waals surface area contributed by atoms with Gasteiger partial charge in [0.05, 0.1) is 20.4 Å². The van der Waals surface area contributed by atoms with E-state index < -0.39 is 0 Å². The highest BCUT2D eigenvalue weighted by molar-refractivity contribution is 5.80. The molecule has 0 unspecified atom stereocenters. The first kappa shape index (κ1) is 13.3. The zero-order valence-corrected chi connectivity index (χ0v) is 11.7. The standard InChI is InChI=1S/C14H19N3O2/c1-5-9-6-13(19-4)10(7-12(9)18-3)11-8-16-17(2)14(11)15/h6-8H,5,15H2,1-4H3. The Labute approximate surface area is 112 Å². The van der Waals surface area contributed by atoms with Gasteiger partial charge in [-0.05, 0) is 24.1 Å². The molecule has 1 aromatic heterocycles. The van der Waals surface area contributed by atoms with Gasteiger partial charge in [-0.1, -0.05) is 6.92 Å². The van der Waals surface area contributed by atoms with Gasteiger partial charge in [-0.3, -0.25) is 4.68 Å². The number of anilines is 1. The Morgan fingerprint density at radius 3 is 2.32 bits per heavy atom. The van der Waals surface area contributed by atoms with Gasteiger partial charge in [0.15, 0.2) is 0 Å². The van der Waals surface area contributed by atoms with Gasteiger partial charge in [0.25, 0.3) is 0 Å². The van der Waals surface area contributed by atoms with Gasteiger partial charge in [-0.25, -0.2) is 0 Å². The Kier molecular flexibility index (Phi) is 3.64. The van der Waals surface area contributed by atoms with E-state index in [0.29, 0.717) is 5.82 Å². The molecule has 0 saturated carbocycles. The summed E-state index contributed by atoms with van der Waals surface area (Å²) in [5.41, 5.74) is 8.87. The largest absolute Gasteiger partial charge is 0.496 e. The van der Waals surface area contributed by atoms with E-state index in [9.17, 15) is 0 Å². The molecule has 0 atom stereocenters. The van der Waals surface area contributed by atoms with E-state index in [0.717, 1.165) is 34.6 Å². The molecule has 2 rings (SSSR count). The third-order valence-electron chi connectivity index (χ3n) is 3.26. The van der Waals surface area contributed by atoms with Crippen molar-refractivity contribution in [3.63, 3.8) is 0 Å². The maximum Gasteiger partial charge on any atom is 0.129 e. The molecule has 19 heavy (non-hydrogen) atoms. The molecule has 5 nitrogen and oxygen atoms in total. The number of aromatic nitrogens is 2. The predicted octanol–water partition coefficient (Wildman–Crippen LogP) is 2.25. The molecule has 0 radical (unpaired) electrons. The van der Waals surface area contributed by atoms with E-state index >= 15 is 0 Å². The second-order valence-corrected chi connectivity index (χ2v) is 4.28. The van der Waals surface area contributed by atoms with Crippen molar-refractivity contribution in [3.05, 3.63) is 23.9 Å². The topological polar surface area (TPSA) is 62.3 Å². The van der Waals surface area contributed by atoms with Crippen LogP contribution in [0.15, 0.2) is 18.3 Å². The van der Waals surface area contributed by atoms with E-state index in [4.69, 9.17) is 15.2 Å². The molecule has 1 aromatic carbocycles. The first-order valence-electron chi connectivity index (χ1n) is 6.15. The molecule has 2 N–H and O–H groups in total. The van der Waals surface area contributed by atoms with Crippen LogP contribution in [0.25, 0.3) is 11.1 Å². The molecule has 0 fully saturated rings. The molecular formula is C14H19N3O2. The molecule has 0 aliphatic carbocycles. The van der Waals surface area contributed by atoms with Crippen LogP contribution in [0.4, 0.5) is 5.82 Å². The second kappa shape index (κ2) is 5.22. The first-order chi connectivity index (χ1) is 9.12. The lowest BCUT2D eigenvalue weighted by molar-refractivity contribution is 0.400. The van der Waals surface area contributed by atoms with E-state index in [2.05, 4.69) is 12.0 Å². The number of hydrogen-bond acceptors (Lipinski definition) is 4. The Hall–Kier alpha value is -2.17. The smallest absolute Gasteiger partial charge is 0.129 e. The molecule has 0 aliphatic heterocycles. The molecule has 0 amide bonds. The Morgan fingerprint density at radius 2 is 1.84 bits per heavy atom. The summed E-state index contributed by atoms with van der Waals surface area (Å²) in [6.45, 7) is 2.08. The summed E-state index contributed by atoms with van der Waals surface area (Å²) in [7, 11) is 5.12. The molecule has 0 spiro atoms. The van der Waals surface area contributed by atoms with Crippen molar-refractivity contribution in [2.24, 2.45) is 7.05 Å². The van der Waals surface area contributed by atoms with Gasteiger partial charge < -0.3 is 15.2 Å². The summed E-state index contributed by atoms with van der Waals surface area (Å²) < 4.78 is 12.5. The van der Waals surface area contributed by atoms with Crippen molar-refractivity contribution in [3.8, 4) is 22.6 Å². The van der Waals surface area contributed by atoms with Gasteiger partial charge >= 0.3 is 0 Å². The number of ether oxygens (including phenoxy) is 2. The lowest BCUT2D eigenvalue weighted by Gasteiger charge is -2.14. The minimum absolute atomic E-state index is 0.601. The molecule has 0 saturated heterocycles. The number of methoxy groups -OCH3 is 2. The molecule has 0 aliphatic rings. The fourth-order valence-corrected chi connectivity index (χ4v) is 2.10. The van der Waals surface area contributed by atoms with E-state index in [1.165, 1.54) is 0 Å². The van der Waals surface area contributed by atoms with Gasteiger partial charge in [0.2, 0.25) is 0 Å². The van der Waals surface area contributed by atoms with Crippen LogP contribution in [0.3, 0.4) is 0 Å². The molecule has 0 bridgehead atoms. The highest BCUT2D eigenvalue weighted by Gasteiger charge is 2.16.